The van der Waals surface area contributed by atoms with Crippen LogP contribution in [-0.2, 0) is 30.3 Å². The molecule has 3 heterocycles. The summed E-state index contributed by atoms with van der Waals surface area (Å²) < 4.78 is 35.8. The Morgan fingerprint density at radius 2 is 2.00 bits per heavy atom. The maximum atomic E-state index is 12.8. The molecule has 1 aromatic carbocycles. The molecule has 4 rings (SSSR count). The van der Waals surface area contributed by atoms with Gasteiger partial charge in [-0.25, -0.2) is 4.79 Å². The van der Waals surface area contributed by atoms with E-state index in [9.17, 15) is 33.0 Å². The van der Waals surface area contributed by atoms with Crippen molar-refractivity contribution >= 4 is 51.4 Å². The van der Waals surface area contributed by atoms with E-state index in [0.717, 1.165) is 16.7 Å². The number of fused-ring (bicyclic) bond motifs is 1. The minimum absolute atomic E-state index is 0.0389. The van der Waals surface area contributed by atoms with Crippen molar-refractivity contribution in [3.8, 4) is 0 Å². The summed E-state index contributed by atoms with van der Waals surface area (Å²) in [5.41, 5.74) is 0.523. The quantitative estimate of drug-likeness (QED) is 0.188. The number of aliphatic carboxylic acids is 1. The molecule has 0 aliphatic carbocycles. The molecule has 13 nitrogen and oxygen atoms in total. The van der Waals surface area contributed by atoms with E-state index in [1.165, 1.54) is 11.8 Å². The standard InChI is InChI=1S/C19H18N4O9S3/c24-14(9-4-2-1-3-5-9)15(25)20-12-16(26)23-13(18(27)28)10(6-33-17(12)23)7-34-19-22-21-11(32-19)8-35(29,30)31/h1-5,12,14,17,24H,6-8H2,(H,20,25)(H,27,28)(H,29,30,31)/t12?,14?,17-/m1/s1. The number of carboxylic acid groups (broad SMARTS) is 1. The highest BCUT2D eigenvalue weighted by atomic mass is 32.2. The first-order valence-corrected chi connectivity index (χ1v) is 13.5. The van der Waals surface area contributed by atoms with Crippen molar-refractivity contribution in [2.45, 2.75) is 28.5 Å². The highest BCUT2D eigenvalue weighted by Crippen LogP contribution is 2.41. The van der Waals surface area contributed by atoms with E-state index in [1.54, 1.807) is 30.3 Å². The lowest BCUT2D eigenvalue weighted by Gasteiger charge is -2.49. The van der Waals surface area contributed by atoms with Crippen LogP contribution in [0, 0.1) is 0 Å². The molecule has 0 radical (unpaired) electrons. The van der Waals surface area contributed by atoms with Gasteiger partial charge in [-0.15, -0.1) is 22.0 Å². The second-order valence-electron chi connectivity index (χ2n) is 7.44. The van der Waals surface area contributed by atoms with Crippen molar-refractivity contribution < 1.29 is 42.0 Å². The number of rotatable bonds is 9. The van der Waals surface area contributed by atoms with Crippen LogP contribution in [0.3, 0.4) is 0 Å². The number of carbonyl (C=O) groups excluding carboxylic acids is 2. The average Bonchev–Trinajstić information content (AvgIpc) is 3.25. The van der Waals surface area contributed by atoms with E-state index in [2.05, 4.69) is 15.5 Å². The normalized spacial score (nSPS) is 20.7. The largest absolute Gasteiger partial charge is 0.477 e. The third-order valence-corrected chi connectivity index (χ3v) is 7.89. The van der Waals surface area contributed by atoms with Gasteiger partial charge in [-0.3, -0.25) is 19.0 Å². The zero-order chi connectivity index (χ0) is 25.3. The van der Waals surface area contributed by atoms with Crippen LogP contribution >= 0.6 is 23.5 Å². The van der Waals surface area contributed by atoms with Gasteiger partial charge in [-0.2, -0.15) is 8.42 Å². The lowest BCUT2D eigenvalue weighted by molar-refractivity contribution is -0.151. The van der Waals surface area contributed by atoms with Crippen LogP contribution in [0.2, 0.25) is 0 Å². The van der Waals surface area contributed by atoms with E-state index in [1.807, 2.05) is 0 Å². The first kappa shape index (κ1) is 25.2. The van der Waals surface area contributed by atoms with Gasteiger partial charge in [0, 0.05) is 11.5 Å². The molecule has 1 saturated heterocycles. The smallest absolute Gasteiger partial charge is 0.352 e. The highest BCUT2D eigenvalue weighted by Gasteiger charge is 2.54. The van der Waals surface area contributed by atoms with Crippen molar-refractivity contribution in [3.63, 3.8) is 0 Å². The number of nitrogens with one attached hydrogen (secondary N) is 1. The summed E-state index contributed by atoms with van der Waals surface area (Å²) in [4.78, 5) is 38.2. The number of carboxylic acids is 1. The van der Waals surface area contributed by atoms with Crippen molar-refractivity contribution in [3.05, 3.63) is 53.1 Å². The average molecular weight is 543 g/mol. The predicted molar refractivity (Wildman–Crippen MR) is 121 cm³/mol. The summed E-state index contributed by atoms with van der Waals surface area (Å²) in [6.45, 7) is 0. The Kier molecular flexibility index (Phi) is 7.18. The molecule has 3 atom stereocenters. The number of amides is 2. The molecule has 2 amide bonds. The van der Waals surface area contributed by atoms with Crippen molar-refractivity contribution in [2.24, 2.45) is 0 Å². The number of thioether (sulfide) groups is 2. The lowest BCUT2D eigenvalue weighted by Crippen LogP contribution is -2.70. The zero-order valence-corrected chi connectivity index (χ0v) is 20.0. The van der Waals surface area contributed by atoms with Crippen LogP contribution in [-0.4, -0.2) is 79.0 Å². The summed E-state index contributed by atoms with van der Waals surface area (Å²) in [7, 11) is -4.35. The molecule has 0 bridgehead atoms. The number of carbonyl (C=O) groups is 3. The number of hydrogen-bond acceptors (Lipinski definition) is 11. The number of benzene rings is 1. The van der Waals surface area contributed by atoms with Crippen LogP contribution in [0.1, 0.15) is 17.6 Å². The highest BCUT2D eigenvalue weighted by molar-refractivity contribution is 8.01. The second kappa shape index (κ2) is 9.98. The first-order chi connectivity index (χ1) is 16.5. The fraction of sp³-hybridized carbons (Fsp3) is 0.316. The molecule has 0 spiro atoms. The maximum Gasteiger partial charge on any atom is 0.352 e. The molecule has 0 saturated carbocycles. The summed E-state index contributed by atoms with van der Waals surface area (Å²) in [5, 5.41) is 28.9. The van der Waals surface area contributed by atoms with E-state index < -0.39 is 51.2 Å². The molecular weight excluding hydrogens is 524 g/mol. The third kappa shape index (κ3) is 5.51. The fourth-order valence-corrected chi connectivity index (χ4v) is 6.17. The number of aromatic nitrogens is 2. The zero-order valence-electron chi connectivity index (χ0n) is 17.6. The van der Waals surface area contributed by atoms with Gasteiger partial charge in [0.25, 0.3) is 27.2 Å². The minimum Gasteiger partial charge on any atom is -0.477 e. The van der Waals surface area contributed by atoms with Crippen molar-refractivity contribution in [2.75, 3.05) is 11.5 Å². The van der Waals surface area contributed by atoms with Crippen LogP contribution < -0.4 is 5.32 Å². The van der Waals surface area contributed by atoms with E-state index >= 15 is 0 Å². The molecule has 1 aromatic heterocycles. The first-order valence-electron chi connectivity index (χ1n) is 9.89. The van der Waals surface area contributed by atoms with Crippen LogP contribution in [0.15, 0.2) is 51.2 Å². The van der Waals surface area contributed by atoms with Gasteiger partial charge in [0.15, 0.2) is 11.9 Å². The van der Waals surface area contributed by atoms with Gasteiger partial charge in [0.05, 0.1) is 0 Å². The molecule has 35 heavy (non-hydrogen) atoms. The Bertz CT molecular complexity index is 1300. The fourth-order valence-electron chi connectivity index (χ4n) is 3.47. The van der Waals surface area contributed by atoms with Crippen LogP contribution in [0.4, 0.5) is 0 Å². The number of β-lactam (4-membered cyclic amide) rings is 1. The van der Waals surface area contributed by atoms with Gasteiger partial charge >= 0.3 is 5.97 Å². The molecule has 2 aromatic rings. The van der Waals surface area contributed by atoms with E-state index in [0.29, 0.717) is 11.1 Å². The predicted octanol–water partition coefficient (Wildman–Crippen LogP) is 0.0217. The Morgan fingerprint density at radius 3 is 2.66 bits per heavy atom. The topological polar surface area (TPSA) is 200 Å². The van der Waals surface area contributed by atoms with Gasteiger partial charge in [0.1, 0.15) is 17.1 Å². The van der Waals surface area contributed by atoms with Crippen LogP contribution in [0.25, 0.3) is 0 Å². The SMILES string of the molecule is O=C(O)C1=C(CSc2nnc(CS(=O)(=O)O)o2)CS[C@@H]2C(NC(=O)C(O)c3ccccc3)C(=O)N12. The molecule has 186 valence electrons. The van der Waals surface area contributed by atoms with Crippen molar-refractivity contribution in [1.29, 1.82) is 0 Å². The van der Waals surface area contributed by atoms with E-state index in [4.69, 9.17) is 8.97 Å². The summed E-state index contributed by atoms with van der Waals surface area (Å²) >= 11 is 2.19. The van der Waals surface area contributed by atoms with Gasteiger partial charge in [-0.05, 0) is 11.1 Å². The van der Waals surface area contributed by atoms with E-state index in [-0.39, 0.29) is 28.3 Å². The molecule has 2 aliphatic heterocycles. The Hall–Kier alpha value is -2.92. The monoisotopic (exact) mass is 542 g/mol. The molecule has 4 N–H and O–H groups in total. The minimum atomic E-state index is -4.35. The lowest BCUT2D eigenvalue weighted by atomic mass is 10.0. The number of aliphatic hydroxyl groups is 1. The van der Waals surface area contributed by atoms with Crippen LogP contribution in [0.5, 0.6) is 0 Å². The van der Waals surface area contributed by atoms with Gasteiger partial charge < -0.3 is 19.9 Å². The summed E-state index contributed by atoms with van der Waals surface area (Å²) in [6, 6.07) is 7.19. The maximum absolute atomic E-state index is 12.8. The Morgan fingerprint density at radius 1 is 1.29 bits per heavy atom. The number of aliphatic hydroxyl groups excluding tert-OH is 1. The Balaban J connectivity index is 1.43. The summed E-state index contributed by atoms with van der Waals surface area (Å²) in [6.07, 6.45) is -1.48. The molecule has 1 fully saturated rings. The molecule has 16 heteroatoms. The Labute approximate surface area is 206 Å². The molecule has 2 unspecified atom stereocenters. The molecular formula is C19H18N4O9S3. The number of nitrogens with zero attached hydrogens (tertiary/aromatic N) is 3. The summed E-state index contributed by atoms with van der Waals surface area (Å²) in [5.74, 6) is -3.61. The van der Waals surface area contributed by atoms with Gasteiger partial charge in [-0.1, -0.05) is 42.1 Å². The number of hydrogen-bond donors (Lipinski definition) is 4. The second-order valence-corrected chi connectivity index (χ2v) is 10.9. The third-order valence-electron chi connectivity index (χ3n) is 5.04. The molecule has 2 aliphatic rings. The van der Waals surface area contributed by atoms with Gasteiger partial charge in [0.2, 0.25) is 5.89 Å². The van der Waals surface area contributed by atoms with Crippen molar-refractivity contribution in [1.82, 2.24) is 20.4 Å².